The van der Waals surface area contributed by atoms with Crippen LogP contribution >= 0.6 is 0 Å². The molecular formula is C36H70AlF2N. The number of hydrogen-bond acceptors (Lipinski definition) is 0. The zero-order valence-electron chi connectivity index (χ0n) is 28.4. The van der Waals surface area contributed by atoms with Crippen molar-refractivity contribution < 1.29 is 13.7 Å². The highest BCUT2D eigenvalue weighted by Crippen LogP contribution is 2.33. The summed E-state index contributed by atoms with van der Waals surface area (Å²) in [6, 6.07) is 3.81. The average molecular weight is 582 g/mol. The monoisotopic (exact) mass is 582 g/mol. The molecule has 0 spiro atoms. The number of rotatable bonds is 23. The van der Waals surface area contributed by atoms with Crippen molar-refractivity contribution in [3.63, 3.8) is 0 Å². The van der Waals surface area contributed by atoms with Gasteiger partial charge in [0.2, 0.25) is 0 Å². The molecule has 0 radical (unpaired) electrons. The molecule has 0 aliphatic carbocycles. The normalized spacial score (nSPS) is 13.9. The predicted molar refractivity (Wildman–Crippen MR) is 179 cm³/mol. The van der Waals surface area contributed by atoms with Gasteiger partial charge in [0.25, 0.3) is 0 Å². The van der Waals surface area contributed by atoms with E-state index in [-0.39, 0.29) is 11.6 Å². The molecule has 1 nitrogen and oxygen atoms in total. The Balaban J connectivity index is 0.000000799. The van der Waals surface area contributed by atoms with Crippen molar-refractivity contribution >= 4 is 18.8 Å². The van der Waals surface area contributed by atoms with Crippen LogP contribution in [0.15, 0.2) is 18.2 Å². The van der Waals surface area contributed by atoms with Crippen LogP contribution in [0.1, 0.15) is 145 Å². The largest absolute Gasteiger partial charge is 0.300 e. The molecule has 1 aromatic carbocycles. The highest BCUT2D eigenvalue weighted by Gasteiger charge is 2.26. The first kappa shape index (κ1) is 39.6. The van der Waals surface area contributed by atoms with Crippen molar-refractivity contribution in [2.45, 2.75) is 166 Å². The molecule has 0 aliphatic heterocycles. The molecule has 0 bridgehead atoms. The van der Waals surface area contributed by atoms with Gasteiger partial charge in [-0.05, 0) is 37.3 Å². The zero-order chi connectivity index (χ0) is 30.2. The molecule has 1 aromatic rings. The molecule has 0 aliphatic rings. The highest BCUT2D eigenvalue weighted by atomic mass is 27.2. The van der Waals surface area contributed by atoms with Gasteiger partial charge in [0.1, 0.15) is 18.9 Å². The summed E-state index contributed by atoms with van der Waals surface area (Å²) in [5.41, 5.74) is 0.485. The van der Waals surface area contributed by atoms with Gasteiger partial charge in [0.05, 0.1) is 13.1 Å². The summed E-state index contributed by atoms with van der Waals surface area (Å²) in [6.45, 7) is 20.0. The topological polar surface area (TPSA) is 4.44 Å². The number of quaternary nitrogens is 1. The number of benzene rings is 1. The number of halogens is 2. The molecule has 236 valence electrons. The van der Waals surface area contributed by atoms with Crippen LogP contribution in [0.2, 0.25) is 21.1 Å². The van der Waals surface area contributed by atoms with Gasteiger partial charge in [-0.2, -0.15) is 21.1 Å². The highest BCUT2D eigenvalue weighted by molar-refractivity contribution is 6.79. The fourth-order valence-electron chi connectivity index (χ4n) is 6.84. The Labute approximate surface area is 253 Å². The first-order valence-electron chi connectivity index (χ1n) is 17.8. The van der Waals surface area contributed by atoms with Gasteiger partial charge < -0.3 is 0 Å². The van der Waals surface area contributed by atoms with Crippen LogP contribution in [0.5, 0.6) is 0 Å². The molecule has 1 N–H and O–H groups in total. The third-order valence-electron chi connectivity index (χ3n) is 9.48. The first-order chi connectivity index (χ1) is 19.3. The van der Waals surface area contributed by atoms with Crippen molar-refractivity contribution in [3.8, 4) is 0 Å². The van der Waals surface area contributed by atoms with Crippen molar-refractivity contribution in [2.75, 3.05) is 13.1 Å². The second-order valence-electron chi connectivity index (χ2n) is 13.2. The van der Waals surface area contributed by atoms with Crippen LogP contribution in [-0.2, 0) is 0 Å². The molecule has 0 aromatic heterocycles. The molecule has 4 heteroatoms. The van der Waals surface area contributed by atoms with Crippen LogP contribution < -0.4 is 4.90 Å². The minimum Gasteiger partial charge on any atom is -0.300 e. The number of nitrogens with one attached hydrogen (secondary N) is 1. The maximum absolute atomic E-state index is 14.1. The van der Waals surface area contributed by atoms with Crippen LogP contribution in [0, 0.1) is 23.5 Å². The summed E-state index contributed by atoms with van der Waals surface area (Å²) >= 11 is -1.20. The Hall–Kier alpha value is -0.428. The molecule has 40 heavy (non-hydrogen) atoms. The molecule has 0 saturated carbocycles. The summed E-state index contributed by atoms with van der Waals surface area (Å²) in [6.07, 6.45) is 18.9. The van der Waals surface area contributed by atoms with Gasteiger partial charge in [-0.25, -0.2) is 8.78 Å². The minimum atomic E-state index is -1.20. The average Bonchev–Trinajstić information content (AvgIpc) is 2.96. The Kier molecular flexibility index (Phi) is 24.8. The lowest BCUT2D eigenvalue weighted by Crippen LogP contribution is -3.08. The van der Waals surface area contributed by atoms with Gasteiger partial charge in [-0.1, -0.05) is 126 Å². The van der Waals surface area contributed by atoms with Crippen molar-refractivity contribution in [1.29, 1.82) is 0 Å². The van der Waals surface area contributed by atoms with E-state index < -0.39 is 13.1 Å². The van der Waals surface area contributed by atoms with E-state index in [0.29, 0.717) is 11.6 Å². The lowest BCUT2D eigenvalue weighted by Gasteiger charge is -2.36. The van der Waals surface area contributed by atoms with E-state index >= 15 is 0 Å². The van der Waals surface area contributed by atoms with Gasteiger partial charge in [0.15, 0.2) is 11.5 Å². The Bertz CT molecular complexity index is 673. The van der Waals surface area contributed by atoms with E-state index in [1.165, 1.54) is 102 Å². The van der Waals surface area contributed by atoms with Gasteiger partial charge in [-0.3, -0.25) is 4.90 Å². The number of unbranched alkanes of at least 4 members (excludes halogenated alkanes) is 4. The van der Waals surface area contributed by atoms with E-state index in [9.17, 15) is 8.78 Å². The van der Waals surface area contributed by atoms with Gasteiger partial charge in [0, 0.05) is 12.0 Å². The van der Waals surface area contributed by atoms with Crippen molar-refractivity contribution in [2.24, 2.45) is 11.8 Å². The lowest BCUT2D eigenvalue weighted by atomic mass is 9.91. The summed E-state index contributed by atoms with van der Waals surface area (Å²) in [5.74, 6) is 0.684. The van der Waals surface area contributed by atoms with Crippen LogP contribution in [0.4, 0.5) is 14.5 Å². The standard InChI is InChI=1S/C20H33F2N.4C4H9.Al/c1-5-8-17(7-3)10-9-16(4)15-23(13-6-2)20-14-18(21)11-12-19(20)22;4*1-3-4-2;/h11-12,14,16-17H,5-10,13,15H2,1-4H3;4*1,3-4H2,2H3;/q;;;;;-1/p+1. The zero-order valence-corrected chi connectivity index (χ0v) is 29.5. The smallest absolute Gasteiger partial charge is 0.183 e. The van der Waals surface area contributed by atoms with Crippen LogP contribution in [-0.4, -0.2) is 26.2 Å². The fraction of sp³-hybridized carbons (Fsp3) is 0.833. The van der Waals surface area contributed by atoms with Crippen LogP contribution in [0.25, 0.3) is 0 Å². The summed E-state index contributed by atoms with van der Waals surface area (Å²) in [7, 11) is 0. The predicted octanol–water partition coefficient (Wildman–Crippen LogP) is 11.8. The third kappa shape index (κ3) is 17.5. The van der Waals surface area contributed by atoms with E-state index in [0.717, 1.165) is 30.3 Å². The molecule has 0 amide bonds. The maximum Gasteiger partial charge on any atom is 0.183 e. The molecule has 0 fully saturated rings. The molecule has 3 unspecified atom stereocenters. The molecular weight excluding hydrogens is 511 g/mol. The fourth-order valence-corrected chi connectivity index (χ4v) is 13.7. The van der Waals surface area contributed by atoms with Crippen molar-refractivity contribution in [1.82, 2.24) is 0 Å². The quantitative estimate of drug-likeness (QED) is 0.123. The number of hydrogen-bond donors (Lipinski definition) is 1. The van der Waals surface area contributed by atoms with Crippen molar-refractivity contribution in [3.05, 3.63) is 29.8 Å². The Morgan fingerprint density at radius 1 is 0.675 bits per heavy atom. The maximum atomic E-state index is 14.1. The molecule has 0 heterocycles. The Morgan fingerprint density at radius 2 is 1.20 bits per heavy atom. The first-order valence-corrected chi connectivity index (χ1v) is 21.0. The molecule has 1 rings (SSSR count). The third-order valence-corrected chi connectivity index (χ3v) is 16.0. The van der Waals surface area contributed by atoms with E-state index in [1.54, 1.807) is 21.1 Å². The minimum absolute atomic E-state index is 0.292. The van der Waals surface area contributed by atoms with E-state index in [2.05, 4.69) is 55.4 Å². The van der Waals surface area contributed by atoms with E-state index in [4.69, 9.17) is 0 Å². The Morgan fingerprint density at radius 3 is 1.62 bits per heavy atom. The van der Waals surface area contributed by atoms with Gasteiger partial charge >= 0.3 is 0 Å². The summed E-state index contributed by atoms with van der Waals surface area (Å²) < 4.78 is 27.6. The second-order valence-corrected chi connectivity index (χ2v) is 19.0. The SMILES string of the molecule is CCCC(CC)CCC(C)C[NH+](CCC)c1cc(F)ccc1F.CCC[CH2][Al-]([CH2]CCC)([CH2]CCC)[CH2]CCC. The summed E-state index contributed by atoms with van der Waals surface area (Å²) in [5, 5.41) is 6.62. The van der Waals surface area contributed by atoms with Gasteiger partial charge in [-0.15, -0.1) is 0 Å². The second kappa shape index (κ2) is 25.1. The summed E-state index contributed by atoms with van der Waals surface area (Å²) in [4.78, 5) is 1.07. The lowest BCUT2D eigenvalue weighted by molar-refractivity contribution is -0.837. The van der Waals surface area contributed by atoms with Crippen LogP contribution in [0.3, 0.4) is 0 Å². The molecule has 0 saturated heterocycles. The van der Waals surface area contributed by atoms with E-state index in [1.807, 2.05) is 0 Å². The molecule has 3 atom stereocenters.